The van der Waals surface area contributed by atoms with Crippen LogP contribution in [0.15, 0.2) is 65.6 Å². The maximum atomic E-state index is 12.8. The lowest BCUT2D eigenvalue weighted by Crippen LogP contribution is -2.35. The van der Waals surface area contributed by atoms with Gasteiger partial charge in [-0.1, -0.05) is 31.0 Å². The van der Waals surface area contributed by atoms with Gasteiger partial charge in [-0.15, -0.1) is 0 Å². The summed E-state index contributed by atoms with van der Waals surface area (Å²) in [5, 5.41) is 16.5. The second kappa shape index (κ2) is 9.57. The van der Waals surface area contributed by atoms with Crippen LogP contribution < -0.4 is 5.32 Å². The molecule has 1 aromatic heterocycles. The van der Waals surface area contributed by atoms with E-state index in [1.54, 1.807) is 4.68 Å². The molecule has 0 saturated heterocycles. The van der Waals surface area contributed by atoms with Gasteiger partial charge in [-0.2, -0.15) is 14.7 Å². The van der Waals surface area contributed by atoms with Crippen molar-refractivity contribution in [2.45, 2.75) is 36.5 Å². The van der Waals surface area contributed by atoms with Crippen molar-refractivity contribution < 1.29 is 13.2 Å². The fourth-order valence-electron chi connectivity index (χ4n) is 4.03. The summed E-state index contributed by atoms with van der Waals surface area (Å²) < 4.78 is 28.3. The van der Waals surface area contributed by atoms with Gasteiger partial charge in [0.25, 0.3) is 0 Å². The minimum atomic E-state index is -3.88. The van der Waals surface area contributed by atoms with Gasteiger partial charge in [0.2, 0.25) is 15.9 Å². The van der Waals surface area contributed by atoms with E-state index in [0.29, 0.717) is 17.3 Å². The van der Waals surface area contributed by atoms with E-state index in [1.807, 2.05) is 42.5 Å². The molecule has 9 heteroatoms. The molecule has 2 aromatic carbocycles. The molecule has 0 unspecified atom stereocenters. The van der Waals surface area contributed by atoms with Crippen LogP contribution in [-0.2, 0) is 14.8 Å². The molecule has 0 atom stereocenters. The van der Waals surface area contributed by atoms with E-state index in [1.165, 1.54) is 44.2 Å². The summed E-state index contributed by atoms with van der Waals surface area (Å²) in [6, 6.07) is 18.9. The van der Waals surface area contributed by atoms with Crippen molar-refractivity contribution in [1.29, 1.82) is 5.26 Å². The van der Waals surface area contributed by atoms with Gasteiger partial charge in [0.05, 0.1) is 34.5 Å². The van der Waals surface area contributed by atoms with Crippen LogP contribution in [-0.4, -0.2) is 42.0 Å². The maximum Gasteiger partial charge on any atom is 0.243 e. The summed E-state index contributed by atoms with van der Waals surface area (Å²) in [5.74, 6) is 0.409. The van der Waals surface area contributed by atoms with Crippen molar-refractivity contribution in [3.05, 3.63) is 71.9 Å². The third-order valence-electron chi connectivity index (χ3n) is 5.83. The predicted octanol–water partition coefficient (Wildman–Crippen LogP) is 3.66. The largest absolute Gasteiger partial charge is 0.309 e. The average molecular weight is 464 g/mol. The van der Waals surface area contributed by atoms with Gasteiger partial charge >= 0.3 is 0 Å². The zero-order chi connectivity index (χ0) is 23.4. The van der Waals surface area contributed by atoms with Crippen LogP contribution in [0.1, 0.15) is 42.9 Å². The normalized spacial score (nSPS) is 14.3. The molecule has 33 heavy (non-hydrogen) atoms. The Morgan fingerprint density at radius 2 is 1.82 bits per heavy atom. The van der Waals surface area contributed by atoms with Gasteiger partial charge in [-0.05, 0) is 49.2 Å². The van der Waals surface area contributed by atoms with E-state index in [4.69, 9.17) is 10.4 Å². The molecule has 170 valence electrons. The SMILES string of the molecule is CN(CC(=O)Nc1cc(C2CCCC2)nn1-c1ccccc1)S(=O)(=O)c1ccc(C#N)cc1. The Balaban J connectivity index is 1.53. The first-order chi connectivity index (χ1) is 15.9. The monoisotopic (exact) mass is 463 g/mol. The molecule has 4 rings (SSSR count). The number of para-hydroxylation sites is 1. The topological polar surface area (TPSA) is 108 Å². The Labute approximate surface area is 193 Å². The molecule has 1 amide bonds. The first-order valence-electron chi connectivity index (χ1n) is 10.8. The third kappa shape index (κ3) is 4.97. The summed E-state index contributed by atoms with van der Waals surface area (Å²) >= 11 is 0. The number of sulfonamides is 1. The molecule has 0 radical (unpaired) electrons. The number of hydrogen-bond donors (Lipinski definition) is 1. The molecule has 0 aliphatic heterocycles. The van der Waals surface area contributed by atoms with Crippen LogP contribution in [0.25, 0.3) is 5.69 Å². The van der Waals surface area contributed by atoms with Crippen LogP contribution >= 0.6 is 0 Å². The number of carbonyl (C=O) groups is 1. The van der Waals surface area contributed by atoms with Gasteiger partial charge < -0.3 is 5.32 Å². The minimum Gasteiger partial charge on any atom is -0.309 e. The van der Waals surface area contributed by atoms with E-state index in [9.17, 15) is 13.2 Å². The average Bonchev–Trinajstić information content (AvgIpc) is 3.50. The highest BCUT2D eigenvalue weighted by Gasteiger charge is 2.25. The Hall–Kier alpha value is -3.48. The number of carbonyl (C=O) groups excluding carboxylic acids is 1. The summed E-state index contributed by atoms with van der Waals surface area (Å²) in [5.41, 5.74) is 2.11. The van der Waals surface area contributed by atoms with Crippen molar-refractivity contribution in [3.63, 3.8) is 0 Å². The van der Waals surface area contributed by atoms with E-state index in [-0.39, 0.29) is 11.4 Å². The first-order valence-corrected chi connectivity index (χ1v) is 12.2. The molecule has 0 spiro atoms. The van der Waals surface area contributed by atoms with Crippen LogP contribution in [0, 0.1) is 11.3 Å². The van der Waals surface area contributed by atoms with E-state index >= 15 is 0 Å². The smallest absolute Gasteiger partial charge is 0.243 e. The number of aromatic nitrogens is 2. The second-order valence-electron chi connectivity index (χ2n) is 8.13. The molecule has 1 N–H and O–H groups in total. The summed E-state index contributed by atoms with van der Waals surface area (Å²) in [6.07, 6.45) is 4.49. The Morgan fingerprint density at radius 3 is 2.45 bits per heavy atom. The van der Waals surface area contributed by atoms with Crippen LogP contribution in [0.3, 0.4) is 0 Å². The van der Waals surface area contributed by atoms with Crippen molar-refractivity contribution in [2.75, 3.05) is 18.9 Å². The number of hydrogen-bond acceptors (Lipinski definition) is 5. The van der Waals surface area contributed by atoms with Crippen molar-refractivity contribution >= 4 is 21.7 Å². The number of benzene rings is 2. The van der Waals surface area contributed by atoms with Crippen molar-refractivity contribution in [1.82, 2.24) is 14.1 Å². The number of amides is 1. The lowest BCUT2D eigenvalue weighted by Gasteiger charge is -2.17. The van der Waals surface area contributed by atoms with Gasteiger partial charge in [-0.25, -0.2) is 13.1 Å². The lowest BCUT2D eigenvalue weighted by atomic mass is 10.0. The number of nitrogens with one attached hydrogen (secondary N) is 1. The van der Waals surface area contributed by atoms with E-state index in [0.717, 1.165) is 28.5 Å². The molecule has 3 aromatic rings. The van der Waals surface area contributed by atoms with Crippen LogP contribution in [0.2, 0.25) is 0 Å². The van der Waals surface area contributed by atoms with Gasteiger partial charge in [-0.3, -0.25) is 4.79 Å². The third-order valence-corrected chi connectivity index (χ3v) is 7.65. The molecule has 1 heterocycles. The Morgan fingerprint density at radius 1 is 1.15 bits per heavy atom. The van der Waals surface area contributed by atoms with Crippen molar-refractivity contribution in [2.24, 2.45) is 0 Å². The quantitative estimate of drug-likeness (QED) is 0.575. The zero-order valence-electron chi connectivity index (χ0n) is 18.3. The molecular formula is C24H25N5O3S. The Kier molecular flexibility index (Phi) is 6.58. The summed E-state index contributed by atoms with van der Waals surface area (Å²) in [6.45, 7) is -0.360. The molecule has 1 aliphatic carbocycles. The molecule has 0 bridgehead atoms. The van der Waals surface area contributed by atoms with Crippen LogP contribution in [0.5, 0.6) is 0 Å². The molecule has 1 fully saturated rings. The lowest BCUT2D eigenvalue weighted by molar-refractivity contribution is -0.116. The molecule has 1 aliphatic rings. The molecule has 8 nitrogen and oxygen atoms in total. The zero-order valence-corrected chi connectivity index (χ0v) is 19.1. The predicted molar refractivity (Wildman–Crippen MR) is 124 cm³/mol. The highest BCUT2D eigenvalue weighted by Crippen LogP contribution is 2.35. The fourth-order valence-corrected chi connectivity index (χ4v) is 5.15. The van der Waals surface area contributed by atoms with Gasteiger partial charge in [0, 0.05) is 19.0 Å². The number of anilines is 1. The van der Waals surface area contributed by atoms with Crippen molar-refractivity contribution in [3.8, 4) is 11.8 Å². The number of nitriles is 1. The number of likely N-dealkylation sites (N-methyl/N-ethyl adjacent to an activating group) is 1. The van der Waals surface area contributed by atoms with Gasteiger partial charge in [0.15, 0.2) is 0 Å². The Bertz CT molecular complexity index is 1270. The second-order valence-corrected chi connectivity index (χ2v) is 10.2. The maximum absolute atomic E-state index is 12.8. The van der Waals surface area contributed by atoms with E-state index < -0.39 is 15.9 Å². The molecule has 1 saturated carbocycles. The first kappa shape index (κ1) is 22.7. The highest BCUT2D eigenvalue weighted by atomic mass is 32.2. The fraction of sp³-hybridized carbons (Fsp3) is 0.292. The minimum absolute atomic E-state index is 0.0228. The standard InChI is InChI=1S/C24H25N5O3S/c1-28(33(31,32)21-13-11-18(16-25)12-14-21)17-24(30)26-23-15-22(19-7-5-6-8-19)27-29(23)20-9-3-2-4-10-20/h2-4,9-15,19H,5-8,17H2,1H3,(H,26,30). The van der Waals surface area contributed by atoms with Gasteiger partial charge in [0.1, 0.15) is 5.82 Å². The van der Waals surface area contributed by atoms with E-state index in [2.05, 4.69) is 5.32 Å². The highest BCUT2D eigenvalue weighted by molar-refractivity contribution is 7.89. The summed E-state index contributed by atoms with van der Waals surface area (Å²) in [4.78, 5) is 12.8. The molecular weight excluding hydrogens is 438 g/mol. The summed E-state index contributed by atoms with van der Waals surface area (Å²) in [7, 11) is -2.53. The number of rotatable bonds is 7. The number of nitrogens with zero attached hydrogens (tertiary/aromatic N) is 4. The van der Waals surface area contributed by atoms with Crippen LogP contribution in [0.4, 0.5) is 5.82 Å².